The van der Waals surface area contributed by atoms with Gasteiger partial charge in [0.1, 0.15) is 18.4 Å². The van der Waals surface area contributed by atoms with Crippen molar-refractivity contribution in [2.75, 3.05) is 26.9 Å². The molecule has 8 nitrogen and oxygen atoms in total. The molecule has 1 aliphatic heterocycles. The lowest BCUT2D eigenvalue weighted by atomic mass is 9.81. The van der Waals surface area contributed by atoms with E-state index in [2.05, 4.69) is 10.1 Å². The third kappa shape index (κ3) is 3.42. The summed E-state index contributed by atoms with van der Waals surface area (Å²) in [5, 5.41) is 14.2. The number of benzene rings is 1. The number of phenols is 1. The SMILES string of the molecule is COCc1nc(C2COCCN2C(=O)C2CCCc3c(O)cccc32)no1. The number of aromatic nitrogens is 2. The molecule has 0 spiro atoms. The topological polar surface area (TPSA) is 97.9 Å². The van der Waals surface area contributed by atoms with E-state index in [4.69, 9.17) is 14.0 Å². The highest BCUT2D eigenvalue weighted by molar-refractivity contribution is 5.85. The molecule has 1 aliphatic carbocycles. The molecule has 1 aromatic carbocycles. The van der Waals surface area contributed by atoms with E-state index in [9.17, 15) is 9.90 Å². The van der Waals surface area contributed by atoms with Crippen LogP contribution in [0, 0.1) is 0 Å². The van der Waals surface area contributed by atoms with Gasteiger partial charge in [-0.3, -0.25) is 4.79 Å². The van der Waals surface area contributed by atoms with E-state index < -0.39 is 0 Å². The largest absolute Gasteiger partial charge is 0.508 e. The van der Waals surface area contributed by atoms with Crippen LogP contribution < -0.4 is 0 Å². The minimum Gasteiger partial charge on any atom is -0.508 e. The lowest BCUT2D eigenvalue weighted by Gasteiger charge is -2.37. The molecule has 4 rings (SSSR count). The van der Waals surface area contributed by atoms with Crippen LogP contribution in [0.3, 0.4) is 0 Å². The van der Waals surface area contributed by atoms with Crippen molar-refractivity contribution < 1.29 is 23.9 Å². The highest BCUT2D eigenvalue weighted by Crippen LogP contribution is 2.38. The summed E-state index contributed by atoms with van der Waals surface area (Å²) >= 11 is 0. The molecule has 2 heterocycles. The number of fused-ring (bicyclic) bond motifs is 1. The Kier molecular flexibility index (Phi) is 5.09. The van der Waals surface area contributed by atoms with Crippen molar-refractivity contribution >= 4 is 5.91 Å². The highest BCUT2D eigenvalue weighted by atomic mass is 16.5. The lowest BCUT2D eigenvalue weighted by Crippen LogP contribution is -2.46. The number of hydrogen-bond acceptors (Lipinski definition) is 7. The van der Waals surface area contributed by atoms with Crippen LogP contribution in [0.25, 0.3) is 0 Å². The second kappa shape index (κ2) is 7.66. The van der Waals surface area contributed by atoms with Gasteiger partial charge in [0.15, 0.2) is 5.82 Å². The number of ether oxygens (including phenoxy) is 2. The number of nitrogens with zero attached hydrogens (tertiary/aromatic N) is 3. The van der Waals surface area contributed by atoms with Gasteiger partial charge in [-0.15, -0.1) is 0 Å². The van der Waals surface area contributed by atoms with Gasteiger partial charge in [0, 0.05) is 13.7 Å². The quantitative estimate of drug-likeness (QED) is 0.874. The Bertz CT molecular complexity index is 821. The molecule has 2 unspecified atom stereocenters. The molecule has 8 heteroatoms. The van der Waals surface area contributed by atoms with E-state index in [1.54, 1.807) is 24.1 Å². The minimum atomic E-state index is -0.386. The van der Waals surface area contributed by atoms with Gasteiger partial charge in [-0.05, 0) is 36.5 Å². The summed E-state index contributed by atoms with van der Waals surface area (Å²) in [5.74, 6) is 0.825. The number of carbonyl (C=O) groups is 1. The predicted molar refractivity (Wildman–Crippen MR) is 94.1 cm³/mol. The molecule has 0 bridgehead atoms. The zero-order valence-electron chi connectivity index (χ0n) is 15.3. The third-order valence-electron chi connectivity index (χ3n) is 5.24. The number of methoxy groups -OCH3 is 1. The molecule has 27 heavy (non-hydrogen) atoms. The Labute approximate surface area is 157 Å². The van der Waals surface area contributed by atoms with Gasteiger partial charge in [-0.25, -0.2) is 0 Å². The summed E-state index contributed by atoms with van der Waals surface area (Å²) in [6.07, 6.45) is 2.43. The molecular weight excluding hydrogens is 350 g/mol. The predicted octanol–water partition coefficient (Wildman–Crippen LogP) is 1.94. The minimum absolute atomic E-state index is 0.0212. The molecule has 0 radical (unpaired) electrons. The Balaban J connectivity index is 1.61. The summed E-state index contributed by atoms with van der Waals surface area (Å²) in [6, 6.07) is 5.03. The lowest BCUT2D eigenvalue weighted by molar-refractivity contribution is -0.142. The van der Waals surface area contributed by atoms with Gasteiger partial charge < -0.3 is 24.0 Å². The van der Waals surface area contributed by atoms with E-state index >= 15 is 0 Å². The van der Waals surface area contributed by atoms with Gasteiger partial charge in [-0.1, -0.05) is 17.3 Å². The number of carbonyl (C=O) groups excluding carboxylic acids is 1. The van der Waals surface area contributed by atoms with E-state index in [0.29, 0.717) is 31.5 Å². The molecule has 144 valence electrons. The fraction of sp³-hybridized carbons (Fsp3) is 0.526. The first-order chi connectivity index (χ1) is 13.2. The maximum absolute atomic E-state index is 13.4. The Morgan fingerprint density at radius 2 is 2.33 bits per heavy atom. The first-order valence-electron chi connectivity index (χ1n) is 9.19. The summed E-state index contributed by atoms with van der Waals surface area (Å²) in [7, 11) is 1.55. The first-order valence-corrected chi connectivity index (χ1v) is 9.19. The smallest absolute Gasteiger partial charge is 0.252 e. The molecule has 1 amide bonds. The number of amides is 1. The average molecular weight is 373 g/mol. The molecule has 1 fully saturated rings. The van der Waals surface area contributed by atoms with E-state index in [0.717, 1.165) is 30.4 Å². The molecular formula is C19H23N3O5. The van der Waals surface area contributed by atoms with E-state index in [-0.39, 0.29) is 30.2 Å². The van der Waals surface area contributed by atoms with Crippen molar-refractivity contribution in [3.8, 4) is 5.75 Å². The maximum Gasteiger partial charge on any atom is 0.252 e. The zero-order valence-corrected chi connectivity index (χ0v) is 15.3. The van der Waals surface area contributed by atoms with Crippen molar-refractivity contribution in [2.45, 2.75) is 37.8 Å². The van der Waals surface area contributed by atoms with Crippen molar-refractivity contribution in [3.05, 3.63) is 41.0 Å². The van der Waals surface area contributed by atoms with Gasteiger partial charge in [0.25, 0.3) is 5.89 Å². The van der Waals surface area contributed by atoms with Crippen molar-refractivity contribution in [1.82, 2.24) is 15.0 Å². The maximum atomic E-state index is 13.4. The van der Waals surface area contributed by atoms with Crippen LogP contribution in [0.15, 0.2) is 22.7 Å². The average Bonchev–Trinajstić information content (AvgIpc) is 3.16. The number of rotatable bonds is 4. The van der Waals surface area contributed by atoms with Gasteiger partial charge in [-0.2, -0.15) is 4.98 Å². The van der Waals surface area contributed by atoms with E-state index in [1.807, 2.05) is 6.07 Å². The van der Waals surface area contributed by atoms with Crippen molar-refractivity contribution in [2.24, 2.45) is 0 Å². The Morgan fingerprint density at radius 1 is 1.44 bits per heavy atom. The number of hydrogen-bond donors (Lipinski definition) is 1. The van der Waals surface area contributed by atoms with Crippen LogP contribution in [0.4, 0.5) is 0 Å². The summed E-state index contributed by atoms with van der Waals surface area (Å²) in [4.78, 5) is 19.6. The van der Waals surface area contributed by atoms with E-state index in [1.165, 1.54) is 0 Å². The van der Waals surface area contributed by atoms with Gasteiger partial charge in [0.2, 0.25) is 5.91 Å². The van der Waals surface area contributed by atoms with Gasteiger partial charge >= 0.3 is 0 Å². The molecule has 2 aliphatic rings. The molecule has 2 aromatic rings. The van der Waals surface area contributed by atoms with Gasteiger partial charge in [0.05, 0.1) is 19.1 Å². The standard InChI is InChI=1S/C19H23N3O5/c1-25-11-17-20-18(21-27-17)15-10-26-9-8-22(15)19(24)14-6-2-5-13-12(14)4-3-7-16(13)23/h3-4,7,14-15,23H,2,5-6,8-11H2,1H3. The van der Waals surface area contributed by atoms with Crippen LogP contribution in [0.5, 0.6) is 5.75 Å². The monoisotopic (exact) mass is 373 g/mol. The third-order valence-corrected chi connectivity index (χ3v) is 5.24. The molecule has 1 saturated heterocycles. The Hall–Kier alpha value is -2.45. The first kappa shape index (κ1) is 17.9. The second-order valence-corrected chi connectivity index (χ2v) is 6.89. The fourth-order valence-electron chi connectivity index (χ4n) is 3.95. The van der Waals surface area contributed by atoms with Crippen molar-refractivity contribution in [3.63, 3.8) is 0 Å². The molecule has 2 atom stereocenters. The number of aromatic hydroxyl groups is 1. The highest BCUT2D eigenvalue weighted by Gasteiger charge is 2.38. The summed E-state index contributed by atoms with van der Waals surface area (Å²) < 4.78 is 15.8. The van der Waals surface area contributed by atoms with Crippen molar-refractivity contribution in [1.29, 1.82) is 0 Å². The zero-order chi connectivity index (χ0) is 18.8. The van der Waals surface area contributed by atoms with Crippen LogP contribution in [-0.2, 0) is 27.3 Å². The van der Waals surface area contributed by atoms with Crippen LogP contribution in [0.2, 0.25) is 0 Å². The molecule has 0 saturated carbocycles. The van der Waals surface area contributed by atoms with Crippen LogP contribution >= 0.6 is 0 Å². The molecule has 1 aromatic heterocycles. The van der Waals surface area contributed by atoms with Crippen LogP contribution in [-0.4, -0.2) is 52.9 Å². The summed E-state index contributed by atoms with van der Waals surface area (Å²) in [5.41, 5.74) is 1.80. The molecule has 1 N–H and O–H groups in total. The second-order valence-electron chi connectivity index (χ2n) is 6.89. The Morgan fingerprint density at radius 3 is 3.19 bits per heavy atom. The fourth-order valence-corrected chi connectivity index (χ4v) is 3.95. The normalized spacial score (nSPS) is 22.5. The number of phenolic OH excluding ortho intramolecular Hbond substituents is 1. The van der Waals surface area contributed by atoms with Crippen LogP contribution in [0.1, 0.15) is 47.6 Å². The number of morpholine rings is 1. The summed E-state index contributed by atoms with van der Waals surface area (Å²) in [6.45, 7) is 1.51.